The molecule has 2 rings (SSSR count). The lowest BCUT2D eigenvalue weighted by atomic mass is 10.1. The molecule has 0 spiro atoms. The predicted molar refractivity (Wildman–Crippen MR) is 132 cm³/mol. The van der Waals surface area contributed by atoms with Gasteiger partial charge in [-0.2, -0.15) is 0 Å². The minimum absolute atomic E-state index is 0.0607. The molecular formula is C22H34IN2O6P. The summed E-state index contributed by atoms with van der Waals surface area (Å²) in [6, 6.07) is 9.52. The fraction of sp³-hybridized carbons (Fsp3) is 0.636. The van der Waals surface area contributed by atoms with Crippen LogP contribution < -0.4 is 11.1 Å². The van der Waals surface area contributed by atoms with Gasteiger partial charge in [0.25, 0.3) is 0 Å². The van der Waals surface area contributed by atoms with E-state index in [1.165, 1.54) is 5.56 Å². The van der Waals surface area contributed by atoms with Gasteiger partial charge in [-0.15, -0.1) is 0 Å². The zero-order valence-corrected chi connectivity index (χ0v) is 21.4. The number of aryl methyl sites for hydroxylation is 1. The molecule has 0 radical (unpaired) electrons. The largest absolute Gasteiger partial charge is 0.389 e. The quantitative estimate of drug-likeness (QED) is 0.0760. The molecule has 0 amide bonds. The Bertz CT molecular complexity index is 775. The summed E-state index contributed by atoms with van der Waals surface area (Å²) in [6.07, 6.45) is 5.66. The molecule has 1 aliphatic rings. The lowest BCUT2D eigenvalue weighted by molar-refractivity contribution is -0.167. The maximum atomic E-state index is 12.8. The number of hydrogen-bond acceptors (Lipinski definition) is 7. The van der Waals surface area contributed by atoms with E-state index >= 15 is 0 Å². The van der Waals surface area contributed by atoms with Crippen molar-refractivity contribution in [3.05, 3.63) is 35.9 Å². The summed E-state index contributed by atoms with van der Waals surface area (Å²) < 4.78 is 21.5. The van der Waals surface area contributed by atoms with Gasteiger partial charge in [0, 0.05) is 0 Å². The van der Waals surface area contributed by atoms with Crippen LogP contribution >= 0.6 is 30.2 Å². The molecule has 10 heteroatoms. The van der Waals surface area contributed by atoms with Gasteiger partial charge in [0.1, 0.15) is 6.04 Å². The van der Waals surface area contributed by atoms with Crippen LogP contribution in [0.3, 0.4) is 0 Å². The van der Waals surface area contributed by atoms with E-state index in [-0.39, 0.29) is 12.6 Å². The minimum Gasteiger partial charge on any atom is -0.389 e. The SMILES string of the molecule is NCCCCC(I)(OP(=O)(O)CCCCCc1ccccc1)C(=O)OC(=O)[C@@H]1CCCN1. The first-order valence-electron chi connectivity index (χ1n) is 11.2. The Morgan fingerprint density at radius 3 is 2.59 bits per heavy atom. The topological polar surface area (TPSA) is 128 Å². The number of esters is 2. The summed E-state index contributed by atoms with van der Waals surface area (Å²) >= 11 is 1.70. The number of hydrogen-bond donors (Lipinski definition) is 3. The van der Waals surface area contributed by atoms with Crippen LogP contribution in [0.2, 0.25) is 0 Å². The molecular weight excluding hydrogens is 546 g/mol. The van der Waals surface area contributed by atoms with Gasteiger partial charge in [-0.1, -0.05) is 36.8 Å². The number of halogens is 1. The molecule has 1 saturated heterocycles. The molecule has 0 aromatic heterocycles. The normalized spacial score (nSPS) is 19.8. The van der Waals surface area contributed by atoms with Crippen LogP contribution in [0.1, 0.15) is 56.9 Å². The van der Waals surface area contributed by atoms with Crippen molar-refractivity contribution in [2.45, 2.75) is 67.4 Å². The van der Waals surface area contributed by atoms with E-state index in [1.54, 1.807) is 22.6 Å². The van der Waals surface area contributed by atoms with Crippen LogP contribution in [-0.4, -0.2) is 45.7 Å². The third-order valence-corrected chi connectivity index (χ3v) is 8.36. The average molecular weight is 580 g/mol. The van der Waals surface area contributed by atoms with E-state index in [1.807, 2.05) is 18.2 Å². The first-order valence-corrected chi connectivity index (χ1v) is 14.0. The van der Waals surface area contributed by atoms with Crippen molar-refractivity contribution in [1.29, 1.82) is 0 Å². The second-order valence-electron chi connectivity index (χ2n) is 8.08. The number of unbranched alkanes of at least 4 members (excludes halogenated alkanes) is 3. The predicted octanol–water partition coefficient (Wildman–Crippen LogP) is 3.68. The van der Waals surface area contributed by atoms with Gasteiger partial charge in [-0.3, -0.25) is 9.09 Å². The van der Waals surface area contributed by atoms with E-state index < -0.39 is 29.2 Å². The van der Waals surface area contributed by atoms with Crippen LogP contribution in [0, 0.1) is 0 Å². The Labute approximate surface area is 203 Å². The van der Waals surface area contributed by atoms with Gasteiger partial charge >= 0.3 is 19.5 Å². The van der Waals surface area contributed by atoms with E-state index in [9.17, 15) is 19.0 Å². The highest BCUT2D eigenvalue weighted by Gasteiger charge is 2.45. The molecule has 1 aliphatic heterocycles. The highest BCUT2D eigenvalue weighted by Crippen LogP contribution is 2.51. The van der Waals surface area contributed by atoms with E-state index in [2.05, 4.69) is 17.4 Å². The molecule has 32 heavy (non-hydrogen) atoms. The number of nitrogens with one attached hydrogen (secondary N) is 1. The maximum Gasteiger partial charge on any atom is 0.356 e. The van der Waals surface area contributed by atoms with Crippen molar-refractivity contribution in [2.24, 2.45) is 5.73 Å². The van der Waals surface area contributed by atoms with Crippen molar-refractivity contribution in [3.63, 3.8) is 0 Å². The van der Waals surface area contributed by atoms with Crippen LogP contribution in [0.4, 0.5) is 0 Å². The Balaban J connectivity index is 1.88. The molecule has 3 atom stereocenters. The van der Waals surface area contributed by atoms with Gasteiger partial charge in [0.2, 0.25) is 3.61 Å². The highest BCUT2D eigenvalue weighted by molar-refractivity contribution is 14.1. The third-order valence-electron chi connectivity index (χ3n) is 5.33. The molecule has 0 saturated carbocycles. The molecule has 8 nitrogen and oxygen atoms in total. The van der Waals surface area contributed by atoms with Crippen molar-refractivity contribution in [1.82, 2.24) is 5.32 Å². The minimum atomic E-state index is -4.06. The number of benzene rings is 1. The lowest BCUT2D eigenvalue weighted by Gasteiger charge is -2.28. The van der Waals surface area contributed by atoms with Crippen LogP contribution in [0.5, 0.6) is 0 Å². The van der Waals surface area contributed by atoms with Crippen LogP contribution in [0.25, 0.3) is 0 Å². The number of carbonyl (C=O) groups excluding carboxylic acids is 2. The zero-order chi connectivity index (χ0) is 23.5. The van der Waals surface area contributed by atoms with Gasteiger partial charge < -0.3 is 20.7 Å². The van der Waals surface area contributed by atoms with Crippen LogP contribution in [-0.2, 0) is 29.8 Å². The Morgan fingerprint density at radius 2 is 1.94 bits per heavy atom. The second-order valence-corrected chi connectivity index (χ2v) is 11.7. The molecule has 1 aromatic rings. The smallest absolute Gasteiger partial charge is 0.356 e. The third kappa shape index (κ3) is 9.57. The Hall–Kier alpha value is -0.840. The summed E-state index contributed by atoms with van der Waals surface area (Å²) in [7, 11) is -4.06. The van der Waals surface area contributed by atoms with Crippen molar-refractivity contribution in [3.8, 4) is 0 Å². The fourth-order valence-corrected chi connectivity index (χ4v) is 6.29. The Morgan fingerprint density at radius 1 is 1.19 bits per heavy atom. The van der Waals surface area contributed by atoms with Crippen molar-refractivity contribution < 1.29 is 28.3 Å². The number of ether oxygens (including phenoxy) is 1. The summed E-state index contributed by atoms with van der Waals surface area (Å²) in [4.78, 5) is 35.4. The average Bonchev–Trinajstić information content (AvgIpc) is 3.29. The summed E-state index contributed by atoms with van der Waals surface area (Å²) in [5.41, 5.74) is 6.76. The number of nitrogens with two attached hydrogens (primary N) is 1. The van der Waals surface area contributed by atoms with Crippen molar-refractivity contribution >= 4 is 42.1 Å². The molecule has 180 valence electrons. The summed E-state index contributed by atoms with van der Waals surface area (Å²) in [6.45, 7) is 1.11. The molecule has 0 bridgehead atoms. The fourth-order valence-electron chi connectivity index (χ4n) is 3.54. The van der Waals surface area contributed by atoms with Gasteiger partial charge in [-0.05, 0) is 92.6 Å². The van der Waals surface area contributed by atoms with Gasteiger partial charge in [0.15, 0.2) is 0 Å². The van der Waals surface area contributed by atoms with Gasteiger partial charge in [-0.25, -0.2) is 9.59 Å². The summed E-state index contributed by atoms with van der Waals surface area (Å²) in [5, 5.41) is 2.97. The van der Waals surface area contributed by atoms with Gasteiger partial charge in [0.05, 0.1) is 6.16 Å². The second kappa shape index (κ2) is 13.8. The standard InChI is InChI=1S/C22H34IN2O6P/c23-22(14-6-7-15-24,21(27)30-20(26)19-13-9-16-25-19)31-32(28,29)17-8-2-5-12-18-10-3-1-4-11-18/h1,3-4,10-11,19,25H,2,5-9,12-17,24H2,(H,28,29)/t19-,22?/m0/s1. The van der Waals surface area contributed by atoms with E-state index in [4.69, 9.17) is 15.0 Å². The highest BCUT2D eigenvalue weighted by atomic mass is 127. The monoisotopic (exact) mass is 580 g/mol. The maximum absolute atomic E-state index is 12.8. The number of alkyl halides is 1. The summed E-state index contributed by atoms with van der Waals surface area (Å²) in [5.74, 6) is -1.61. The number of rotatable bonds is 14. The van der Waals surface area contributed by atoms with Crippen molar-refractivity contribution in [2.75, 3.05) is 19.3 Å². The molecule has 1 heterocycles. The first-order chi connectivity index (χ1) is 15.3. The lowest BCUT2D eigenvalue weighted by Crippen LogP contribution is -2.41. The van der Waals surface area contributed by atoms with E-state index in [0.29, 0.717) is 38.8 Å². The molecule has 4 N–H and O–H groups in total. The van der Waals surface area contributed by atoms with Crippen LogP contribution in [0.15, 0.2) is 30.3 Å². The van der Waals surface area contributed by atoms with E-state index in [0.717, 1.165) is 25.7 Å². The molecule has 0 aliphatic carbocycles. The molecule has 2 unspecified atom stereocenters. The zero-order valence-electron chi connectivity index (χ0n) is 18.3. The first kappa shape index (κ1) is 27.4. The number of carbonyl (C=O) groups is 2. The molecule has 1 fully saturated rings. The Kier molecular flexibility index (Phi) is 11.8. The molecule has 1 aromatic carbocycles.